The average molecular weight is 2060 g/mol. The Morgan fingerprint density at radius 2 is 0.924 bits per heavy atom. The van der Waals surface area contributed by atoms with Crippen molar-refractivity contribution in [2.45, 2.75) is 165 Å². The second-order valence-electron chi connectivity index (χ2n) is 34.8. The molecule has 8 heterocycles. The number of hydrogen-bond acceptors (Lipinski definition) is 32. The Bertz CT molecular complexity index is 5040. The number of carbonyl (C=O) groups excluding carboxylic acids is 11. The lowest BCUT2D eigenvalue weighted by atomic mass is 10.1. The lowest BCUT2D eigenvalue weighted by Gasteiger charge is -2.31. The number of sulfonamides is 1. The summed E-state index contributed by atoms with van der Waals surface area (Å²) in [6, 6.07) is 9.49. The van der Waals surface area contributed by atoms with E-state index >= 15 is 0 Å². The van der Waals surface area contributed by atoms with Crippen molar-refractivity contribution in [1.29, 1.82) is 0 Å². The van der Waals surface area contributed by atoms with Crippen LogP contribution in [0.2, 0.25) is 0 Å². The summed E-state index contributed by atoms with van der Waals surface area (Å²) in [7, 11) is 1.48. The zero-order chi connectivity index (χ0) is 104. The lowest BCUT2D eigenvalue weighted by Crippen LogP contribution is -2.56. The molecule has 0 radical (unpaired) electrons. The van der Waals surface area contributed by atoms with Crippen LogP contribution in [-0.4, -0.2) is 344 Å². The average Bonchev–Trinajstić information content (AvgIpc) is 1.60. The number of aliphatic hydroxyl groups is 1. The van der Waals surface area contributed by atoms with Gasteiger partial charge in [-0.15, -0.1) is 0 Å². The number of ether oxygens (including phenoxy) is 17. The maximum atomic E-state index is 14.7. The molecule has 8 aliphatic heterocycles. The highest BCUT2D eigenvalue weighted by Gasteiger charge is 2.47. The number of nitrogens with one attached hydrogen (secondary N) is 9. The number of nitrogens with zero attached hydrogens (tertiary/aromatic N) is 4. The van der Waals surface area contributed by atoms with Crippen LogP contribution in [0.3, 0.4) is 0 Å². The van der Waals surface area contributed by atoms with Crippen molar-refractivity contribution >= 4 is 98.1 Å². The third kappa shape index (κ3) is 39.1. The van der Waals surface area contributed by atoms with Crippen molar-refractivity contribution in [3.63, 3.8) is 0 Å². The van der Waals surface area contributed by atoms with Gasteiger partial charge in [-0.25, -0.2) is 22.9 Å². The molecule has 800 valence electrons. The summed E-state index contributed by atoms with van der Waals surface area (Å²) in [5.41, 5.74) is 3.83. The molecule has 10 N–H and O–H groups in total. The van der Waals surface area contributed by atoms with E-state index in [-0.39, 0.29) is 167 Å². The minimum atomic E-state index is -4.52. The summed E-state index contributed by atoms with van der Waals surface area (Å²) in [6.45, 7) is 26.5. The van der Waals surface area contributed by atoms with E-state index in [1.807, 2.05) is 0 Å². The molecule has 45 heteroatoms. The van der Waals surface area contributed by atoms with Crippen molar-refractivity contribution in [3.8, 4) is 23.0 Å². The second-order valence-corrected chi connectivity index (χ2v) is 36.4. The maximum Gasteiger partial charge on any atom is 0.416 e. The van der Waals surface area contributed by atoms with Gasteiger partial charge >= 0.3 is 12.2 Å². The summed E-state index contributed by atoms with van der Waals surface area (Å²) in [5.74, 6) is -5.89. The monoisotopic (exact) mass is 2050 g/mol. The highest BCUT2D eigenvalue weighted by molar-refractivity contribution is 7.92. The predicted molar refractivity (Wildman–Crippen MR) is 532 cm³/mol. The molecule has 11 amide bonds. The first-order chi connectivity index (χ1) is 70.0. The van der Waals surface area contributed by atoms with Crippen LogP contribution in [0.15, 0.2) is 121 Å². The van der Waals surface area contributed by atoms with E-state index in [1.54, 1.807) is 61.6 Å². The minimum Gasteiger partial charge on any atom is -0.493 e. The fraction of sp³-hybridized carbons (Fsp3) is 0.570. The van der Waals surface area contributed by atoms with Crippen molar-refractivity contribution in [2.24, 2.45) is 0 Å². The predicted octanol–water partition coefficient (Wildman–Crippen LogP) is 5.98. The number of benzene rings is 4. The summed E-state index contributed by atoms with van der Waals surface area (Å²) in [6.07, 6.45) is -0.446. The number of aliphatic hydroxyl groups excluding tert-OH is 1. The number of anilines is 4. The summed E-state index contributed by atoms with van der Waals surface area (Å²) in [5, 5.41) is 34.7. The third-order valence-corrected chi connectivity index (χ3v) is 24.7. The van der Waals surface area contributed by atoms with Crippen molar-refractivity contribution in [1.82, 2.24) is 46.4 Å². The molecule has 0 aliphatic carbocycles. The number of hydrogen-bond donors (Lipinski definition) is 10. The van der Waals surface area contributed by atoms with E-state index in [1.165, 1.54) is 68.2 Å². The van der Waals surface area contributed by atoms with Gasteiger partial charge in [0.2, 0.25) is 51.4 Å². The van der Waals surface area contributed by atoms with E-state index < -0.39 is 125 Å². The molecule has 1 unspecified atom stereocenters. The number of rotatable bonds is 49. The molecular weight excluding hydrogens is 1910 g/mol. The molecule has 44 nitrogen and oxygen atoms in total. The molecular formula is C100H143N13O31S. The van der Waals surface area contributed by atoms with E-state index in [0.29, 0.717) is 198 Å². The Morgan fingerprint density at radius 3 is 1.41 bits per heavy atom. The van der Waals surface area contributed by atoms with Crippen LogP contribution >= 0.6 is 0 Å². The fourth-order valence-corrected chi connectivity index (χ4v) is 16.5. The molecule has 4 aromatic carbocycles. The molecule has 0 spiro atoms. The van der Waals surface area contributed by atoms with Crippen LogP contribution in [0.5, 0.6) is 23.0 Å². The molecule has 8 aliphatic rings. The van der Waals surface area contributed by atoms with Crippen LogP contribution in [-0.2, 0) is 118 Å². The van der Waals surface area contributed by atoms with Crippen molar-refractivity contribution in [3.05, 3.63) is 144 Å². The van der Waals surface area contributed by atoms with Crippen LogP contribution in [0.25, 0.3) is 0 Å². The van der Waals surface area contributed by atoms with Crippen LogP contribution in [0, 0.1) is 0 Å². The molecule has 145 heavy (non-hydrogen) atoms. The van der Waals surface area contributed by atoms with Crippen LogP contribution in [0.4, 0.5) is 32.3 Å². The van der Waals surface area contributed by atoms with Gasteiger partial charge in [-0.1, -0.05) is 61.7 Å². The van der Waals surface area contributed by atoms with E-state index in [9.17, 15) is 66.3 Å². The highest BCUT2D eigenvalue weighted by atomic mass is 32.2. The van der Waals surface area contributed by atoms with Gasteiger partial charge in [0.15, 0.2) is 29.2 Å². The van der Waals surface area contributed by atoms with Gasteiger partial charge in [-0.05, 0) is 132 Å². The topological polar surface area (TPSA) is 520 Å². The van der Waals surface area contributed by atoms with E-state index in [2.05, 4.69) is 73.6 Å². The van der Waals surface area contributed by atoms with Gasteiger partial charge in [-0.2, -0.15) is 4.72 Å². The Morgan fingerprint density at radius 1 is 0.490 bits per heavy atom. The first-order valence-electron chi connectivity index (χ1n) is 48.8. The first kappa shape index (κ1) is 117. The number of methoxy groups -OCH3 is 4. The number of carbonyl (C=O) groups is 11. The zero-order valence-electron chi connectivity index (χ0n) is 83.8. The normalized spacial score (nSPS) is 20.0. The van der Waals surface area contributed by atoms with E-state index in [0.717, 1.165) is 10.5 Å². The first-order valence-corrected chi connectivity index (χ1v) is 50.3. The van der Waals surface area contributed by atoms with Gasteiger partial charge in [0.1, 0.15) is 43.4 Å². The standard InChI is InChI=1S/C100H143N13O31S/c1-11-145(126,127)109-81-59-90(115)103-70(5)91(116)107-79(20-14-16-32-102-89(114)30-36-133-41-42-135-45-46-137-49-50-139-53-54-140-52-51-138-48-47-136-44-43-134-40-38-129-8)93(118)105-75-27-23-73(24-28-75)66-144-100(125)113-83-61-88(86(131-10)58-78(83)97(122)111-63-68(3)56-84(111)98(113)123)142-34-18-12-17-33-141-87-60-82-77(57-85(87)130-9)96(121)110-62-67(2)55-76(110)64-112(82)99(124)143-65-72-21-25-74(26-22-72)106-94(119)80(108-92(117)71(6)104-95(81)120)19-13-15-31-101-69(4)29-35-132-39-37-128-7/h11,21-28,57-58,60-61,70-71,76,79-81,84,98,101,109,123H,1-4,12-20,29-56,59,62-66H2,5-10H3,(H,102,114)(H,103,115)(H,104,120)(H,105,118)(H,106,119)(H,107,116)(H,108,117)/t70-,71-,76-,79-,80-,81+,84-,98?/m0/s1. The second kappa shape index (κ2) is 62.8. The molecule has 4 aromatic rings. The molecule has 0 aromatic heterocycles. The van der Waals surface area contributed by atoms with Gasteiger partial charge in [0.05, 0.1) is 207 Å². The molecule has 2 fully saturated rings. The van der Waals surface area contributed by atoms with E-state index in [4.69, 9.17) is 80.5 Å². The number of unbranched alkanes of at least 4 members (excludes halogenated alkanes) is 2. The molecule has 8 atom stereocenters. The molecule has 12 rings (SSSR count). The van der Waals surface area contributed by atoms with Gasteiger partial charge in [0, 0.05) is 87.9 Å². The molecule has 0 saturated carbocycles. The minimum absolute atomic E-state index is 0.00225. The zero-order valence-corrected chi connectivity index (χ0v) is 84.6. The summed E-state index contributed by atoms with van der Waals surface area (Å²) >= 11 is 0. The smallest absolute Gasteiger partial charge is 0.416 e. The Balaban J connectivity index is 0.871. The highest BCUT2D eigenvalue weighted by Crippen LogP contribution is 2.44. The fourth-order valence-electron chi connectivity index (χ4n) is 15.8. The van der Waals surface area contributed by atoms with Gasteiger partial charge < -0.3 is 138 Å². The molecule has 2 saturated heterocycles. The van der Waals surface area contributed by atoms with Gasteiger partial charge in [-0.3, -0.25) is 48.1 Å². The summed E-state index contributed by atoms with van der Waals surface area (Å²) < 4.78 is 124. The molecule has 8 bridgehead atoms. The Hall–Kier alpha value is -12.0. The quantitative estimate of drug-likeness (QED) is 0.0179. The van der Waals surface area contributed by atoms with Crippen LogP contribution in [0.1, 0.15) is 136 Å². The van der Waals surface area contributed by atoms with Crippen molar-refractivity contribution in [2.75, 3.05) is 227 Å². The van der Waals surface area contributed by atoms with Crippen LogP contribution < -0.4 is 76.0 Å². The summed E-state index contributed by atoms with van der Waals surface area (Å²) in [4.78, 5) is 163. The van der Waals surface area contributed by atoms with Gasteiger partial charge in [0.25, 0.3) is 11.8 Å². The number of fused-ring (bicyclic) bond motifs is 2. The SMILES string of the molecule is C=CS(=O)(=O)N[C@@H]1CC(=O)N[C@@H](C)C(=O)N[C@@H](CCCCNC(=O)CCOCCOCCOCCOCCOCCOCCOCCOCCOC)C(=O)Nc2ccc(cc2)COC(=O)N2c3cc(c(OC)cc3C(=O)N3CC(=C)C[C@H]3C2O)OCCCCCOc2cc3c(cc2OC)C(=O)N2CC(=C)C[C@H]2CN3C(=O)OCc2ccc(cc2)NC(=O)[C@H](CCCCNC(=C)CCOCCOC)NC(=O)[C@H](C)NC1=O. The van der Waals surface area contributed by atoms with Crippen molar-refractivity contribution < 1.29 is 147 Å². The third-order valence-electron chi connectivity index (χ3n) is 23.7. The Labute approximate surface area is 846 Å². The number of amides is 11. The largest absolute Gasteiger partial charge is 0.493 e. The lowest BCUT2D eigenvalue weighted by molar-refractivity contribution is -0.133. The Kier molecular flexibility index (Phi) is 50.5. The maximum absolute atomic E-state index is 14.7.